The van der Waals surface area contributed by atoms with Gasteiger partial charge in [0.15, 0.2) is 16.5 Å². The average Bonchev–Trinajstić information content (AvgIpc) is 2.74. The molecule has 0 spiro atoms. The van der Waals surface area contributed by atoms with Gasteiger partial charge in [-0.25, -0.2) is 0 Å². The second-order valence-electron chi connectivity index (χ2n) is 2.90. The van der Waals surface area contributed by atoms with Crippen molar-refractivity contribution < 1.29 is 9.47 Å². The second-order valence-corrected chi connectivity index (χ2v) is 4.46. The first-order valence-electron chi connectivity index (χ1n) is 4.46. The minimum Gasteiger partial charge on any atom is -0.493 e. The van der Waals surface area contributed by atoms with Gasteiger partial charge in [0.2, 0.25) is 4.47 Å². The molecule has 84 valence electrons. The molecule has 0 atom stereocenters. The molecule has 0 aliphatic rings. The first-order valence-corrected chi connectivity index (χ1v) is 5.66. The molecule has 0 unspecified atom stereocenters. The molecule has 1 heterocycles. The molecule has 1 aromatic carbocycles. The highest BCUT2D eigenvalue weighted by atomic mass is 35.5. The quantitative estimate of drug-likeness (QED) is 0.847. The number of methoxy groups -OCH3 is 2. The van der Waals surface area contributed by atoms with Gasteiger partial charge in [-0.2, -0.15) is 0 Å². The van der Waals surface area contributed by atoms with Gasteiger partial charge in [0.25, 0.3) is 0 Å². The van der Waals surface area contributed by atoms with E-state index in [1.807, 2.05) is 18.2 Å². The minimum absolute atomic E-state index is 0.403. The third kappa shape index (κ3) is 1.96. The fraction of sp³-hybridized carbons (Fsp3) is 0.200. The van der Waals surface area contributed by atoms with Crippen molar-refractivity contribution in [2.45, 2.75) is 0 Å². The Kier molecular flexibility index (Phi) is 3.26. The van der Waals surface area contributed by atoms with Gasteiger partial charge in [-0.05, 0) is 23.7 Å². The van der Waals surface area contributed by atoms with Crippen molar-refractivity contribution in [2.24, 2.45) is 0 Å². The van der Waals surface area contributed by atoms with Crippen LogP contribution in [0.5, 0.6) is 11.5 Å². The topological polar surface area (TPSA) is 44.2 Å². The van der Waals surface area contributed by atoms with Gasteiger partial charge >= 0.3 is 0 Å². The Labute approximate surface area is 102 Å². The van der Waals surface area contributed by atoms with Crippen molar-refractivity contribution in [2.75, 3.05) is 14.2 Å². The summed E-state index contributed by atoms with van der Waals surface area (Å²) >= 11 is 7.05. The van der Waals surface area contributed by atoms with E-state index in [4.69, 9.17) is 21.1 Å². The fourth-order valence-corrected chi connectivity index (χ4v) is 2.22. The zero-order chi connectivity index (χ0) is 11.5. The SMILES string of the molecule is COc1cccc(-c2nnc(Cl)s2)c1OC. The summed E-state index contributed by atoms with van der Waals surface area (Å²) in [4.78, 5) is 0. The maximum absolute atomic E-state index is 5.75. The summed E-state index contributed by atoms with van der Waals surface area (Å²) in [6.45, 7) is 0. The van der Waals surface area contributed by atoms with Crippen molar-refractivity contribution >= 4 is 22.9 Å². The molecule has 0 N–H and O–H groups in total. The standard InChI is InChI=1S/C10H9ClN2O2S/c1-14-7-5-3-4-6(8(7)15-2)9-12-13-10(11)16-9/h3-5H,1-2H3. The fourth-order valence-electron chi connectivity index (χ4n) is 1.37. The van der Waals surface area contributed by atoms with Crippen LogP contribution >= 0.6 is 22.9 Å². The van der Waals surface area contributed by atoms with Crippen LogP contribution in [0.15, 0.2) is 18.2 Å². The summed E-state index contributed by atoms with van der Waals surface area (Å²) in [5, 5.41) is 8.44. The maximum atomic E-state index is 5.75. The molecule has 4 nitrogen and oxygen atoms in total. The number of benzene rings is 1. The summed E-state index contributed by atoms with van der Waals surface area (Å²) in [5.74, 6) is 1.30. The number of hydrogen-bond donors (Lipinski definition) is 0. The van der Waals surface area contributed by atoms with Crippen molar-refractivity contribution in [3.63, 3.8) is 0 Å². The van der Waals surface area contributed by atoms with E-state index in [0.717, 1.165) is 5.56 Å². The number of ether oxygens (including phenoxy) is 2. The maximum Gasteiger partial charge on any atom is 0.207 e. The van der Waals surface area contributed by atoms with Crippen LogP contribution in [0, 0.1) is 0 Å². The molecule has 6 heteroatoms. The van der Waals surface area contributed by atoms with Crippen LogP contribution in [-0.4, -0.2) is 24.4 Å². The predicted octanol–water partition coefficient (Wildman–Crippen LogP) is 2.88. The minimum atomic E-state index is 0.403. The number of halogens is 1. The van der Waals surface area contributed by atoms with Crippen LogP contribution in [0.1, 0.15) is 0 Å². The van der Waals surface area contributed by atoms with E-state index in [1.165, 1.54) is 11.3 Å². The molecule has 0 amide bonds. The van der Waals surface area contributed by atoms with Gasteiger partial charge in [-0.15, -0.1) is 10.2 Å². The molecular weight excluding hydrogens is 248 g/mol. The van der Waals surface area contributed by atoms with Gasteiger partial charge < -0.3 is 9.47 Å². The molecule has 16 heavy (non-hydrogen) atoms. The molecule has 2 rings (SSSR count). The first kappa shape index (κ1) is 11.2. The average molecular weight is 257 g/mol. The molecule has 0 bridgehead atoms. The highest BCUT2D eigenvalue weighted by Crippen LogP contribution is 2.39. The first-order chi connectivity index (χ1) is 7.76. The third-order valence-electron chi connectivity index (χ3n) is 2.03. The number of rotatable bonds is 3. The smallest absolute Gasteiger partial charge is 0.207 e. The summed E-state index contributed by atoms with van der Waals surface area (Å²) in [7, 11) is 3.18. The Morgan fingerprint density at radius 1 is 1.19 bits per heavy atom. The molecular formula is C10H9ClN2O2S. The van der Waals surface area contributed by atoms with Gasteiger partial charge in [-0.3, -0.25) is 0 Å². The van der Waals surface area contributed by atoms with Crippen molar-refractivity contribution in [3.8, 4) is 22.1 Å². The third-order valence-corrected chi connectivity index (χ3v) is 3.09. The van der Waals surface area contributed by atoms with Gasteiger partial charge in [0.1, 0.15) is 0 Å². The van der Waals surface area contributed by atoms with E-state index in [1.54, 1.807) is 14.2 Å². The van der Waals surface area contributed by atoms with Crippen molar-refractivity contribution in [3.05, 3.63) is 22.7 Å². The lowest BCUT2D eigenvalue weighted by Gasteiger charge is -2.10. The Balaban J connectivity index is 2.56. The number of nitrogens with zero attached hydrogens (tertiary/aromatic N) is 2. The summed E-state index contributed by atoms with van der Waals surface area (Å²) < 4.78 is 10.9. The van der Waals surface area contributed by atoms with Crippen LogP contribution in [-0.2, 0) is 0 Å². The normalized spacial score (nSPS) is 10.2. The molecule has 2 aromatic rings. The van der Waals surface area contributed by atoms with E-state index in [-0.39, 0.29) is 0 Å². The van der Waals surface area contributed by atoms with Gasteiger partial charge in [0, 0.05) is 0 Å². The molecule has 1 aromatic heterocycles. The van der Waals surface area contributed by atoms with Gasteiger partial charge in [-0.1, -0.05) is 17.4 Å². The number of para-hydroxylation sites is 1. The summed E-state index contributed by atoms with van der Waals surface area (Å²) in [6, 6.07) is 5.58. The van der Waals surface area contributed by atoms with E-state index in [9.17, 15) is 0 Å². The van der Waals surface area contributed by atoms with E-state index < -0.39 is 0 Å². The van der Waals surface area contributed by atoms with Crippen molar-refractivity contribution in [1.82, 2.24) is 10.2 Å². The second kappa shape index (κ2) is 4.67. The monoisotopic (exact) mass is 256 g/mol. The zero-order valence-corrected chi connectivity index (χ0v) is 10.3. The summed E-state index contributed by atoms with van der Waals surface area (Å²) in [5.41, 5.74) is 0.825. The highest BCUT2D eigenvalue weighted by molar-refractivity contribution is 7.18. The molecule has 0 radical (unpaired) electrons. The van der Waals surface area contributed by atoms with E-state index in [2.05, 4.69) is 10.2 Å². The Bertz CT molecular complexity index is 501. The van der Waals surface area contributed by atoms with Crippen LogP contribution in [0.4, 0.5) is 0 Å². The largest absolute Gasteiger partial charge is 0.493 e. The van der Waals surface area contributed by atoms with E-state index in [0.29, 0.717) is 21.0 Å². The zero-order valence-electron chi connectivity index (χ0n) is 8.73. The number of hydrogen-bond acceptors (Lipinski definition) is 5. The number of aromatic nitrogens is 2. The Hall–Kier alpha value is -1.33. The molecule has 0 saturated heterocycles. The molecule has 0 aliphatic carbocycles. The van der Waals surface area contributed by atoms with Gasteiger partial charge in [0.05, 0.1) is 19.8 Å². The van der Waals surface area contributed by atoms with Crippen LogP contribution in [0.3, 0.4) is 0 Å². The molecule has 0 saturated carbocycles. The Morgan fingerprint density at radius 3 is 2.56 bits per heavy atom. The Morgan fingerprint density at radius 2 is 2.00 bits per heavy atom. The summed E-state index contributed by atoms with van der Waals surface area (Å²) in [6.07, 6.45) is 0. The van der Waals surface area contributed by atoms with Crippen LogP contribution < -0.4 is 9.47 Å². The molecule has 0 aliphatic heterocycles. The lowest BCUT2D eigenvalue weighted by atomic mass is 10.2. The lowest BCUT2D eigenvalue weighted by molar-refractivity contribution is 0.356. The van der Waals surface area contributed by atoms with Crippen LogP contribution in [0.2, 0.25) is 4.47 Å². The lowest BCUT2D eigenvalue weighted by Crippen LogP contribution is -1.92. The predicted molar refractivity (Wildman–Crippen MR) is 63.5 cm³/mol. The molecule has 0 fully saturated rings. The van der Waals surface area contributed by atoms with Crippen molar-refractivity contribution in [1.29, 1.82) is 0 Å². The van der Waals surface area contributed by atoms with E-state index >= 15 is 0 Å². The van der Waals surface area contributed by atoms with Crippen LogP contribution in [0.25, 0.3) is 10.6 Å². The highest BCUT2D eigenvalue weighted by Gasteiger charge is 2.14.